The summed E-state index contributed by atoms with van der Waals surface area (Å²) < 4.78 is 26.3. The molecule has 0 fully saturated rings. The van der Waals surface area contributed by atoms with Gasteiger partial charge in [-0.25, -0.2) is 17.7 Å². The predicted octanol–water partition coefficient (Wildman–Crippen LogP) is 1.20. The highest BCUT2D eigenvalue weighted by molar-refractivity contribution is 7.89. The Bertz CT molecular complexity index is 774. The van der Waals surface area contributed by atoms with Crippen LogP contribution in [0.4, 0.5) is 0 Å². The highest BCUT2D eigenvalue weighted by atomic mass is 32.2. The molecule has 0 aliphatic carbocycles. The Kier molecular flexibility index (Phi) is 9.40. The molecule has 1 rings (SSSR count). The Morgan fingerprint density at radius 1 is 1.07 bits per heavy atom. The molecule has 0 aliphatic heterocycles. The van der Waals surface area contributed by atoms with Gasteiger partial charge in [-0.15, -0.1) is 0 Å². The number of hydrogen-bond acceptors (Lipinski definition) is 4. The molecule has 8 nitrogen and oxygen atoms in total. The summed E-state index contributed by atoms with van der Waals surface area (Å²) in [5.41, 5.74) is 0.607. The summed E-state index contributed by atoms with van der Waals surface area (Å²) in [4.78, 5) is 20.7. The number of guanidine groups is 1. The molecule has 0 spiro atoms. The molecule has 1 N–H and O–H groups in total. The van der Waals surface area contributed by atoms with Gasteiger partial charge in [0.15, 0.2) is 5.96 Å². The van der Waals surface area contributed by atoms with Crippen molar-refractivity contribution in [3.8, 4) is 0 Å². The lowest BCUT2D eigenvalue weighted by atomic mass is 10.2. The summed E-state index contributed by atoms with van der Waals surface area (Å²) >= 11 is 0. The van der Waals surface area contributed by atoms with E-state index in [0.29, 0.717) is 31.2 Å². The topological polar surface area (TPSA) is 85.3 Å². The first-order valence-electron chi connectivity index (χ1n) is 9.46. The van der Waals surface area contributed by atoms with Crippen molar-refractivity contribution in [2.24, 2.45) is 4.99 Å². The van der Waals surface area contributed by atoms with Crippen molar-refractivity contribution in [2.75, 3.05) is 47.3 Å². The fourth-order valence-electron chi connectivity index (χ4n) is 2.67. The number of aliphatic imine (C=N–C) groups is 1. The summed E-state index contributed by atoms with van der Waals surface area (Å²) in [6.45, 7) is 8.19. The standard InChI is InChI=1S/C19H33N5O3S/c1-7-20-19(23(6)15-18(25)24(8-2)9-3)21-14-16-12-10-11-13-17(16)28(26,27)22(4)5/h10-13H,7-9,14-15H2,1-6H3,(H,20,21). The number of amides is 1. The van der Waals surface area contributed by atoms with E-state index >= 15 is 0 Å². The van der Waals surface area contributed by atoms with E-state index in [0.717, 1.165) is 0 Å². The Balaban J connectivity index is 3.08. The molecule has 0 heterocycles. The second-order valence-electron chi connectivity index (χ2n) is 6.49. The number of nitrogens with one attached hydrogen (secondary N) is 1. The number of benzene rings is 1. The van der Waals surface area contributed by atoms with Crippen LogP contribution >= 0.6 is 0 Å². The maximum Gasteiger partial charge on any atom is 0.242 e. The molecule has 0 saturated carbocycles. The van der Waals surface area contributed by atoms with E-state index < -0.39 is 10.0 Å². The SMILES string of the molecule is CCNC(=NCc1ccccc1S(=O)(=O)N(C)C)N(C)CC(=O)N(CC)CC. The smallest absolute Gasteiger partial charge is 0.242 e. The third kappa shape index (κ3) is 6.20. The number of carbonyl (C=O) groups excluding carboxylic acids is 1. The molecular weight excluding hydrogens is 378 g/mol. The molecule has 1 aromatic carbocycles. The van der Waals surface area contributed by atoms with Crippen LogP contribution in [-0.4, -0.2) is 81.7 Å². The Morgan fingerprint density at radius 2 is 1.68 bits per heavy atom. The van der Waals surface area contributed by atoms with Crippen LogP contribution in [0, 0.1) is 0 Å². The lowest BCUT2D eigenvalue weighted by molar-refractivity contribution is -0.131. The lowest BCUT2D eigenvalue weighted by Crippen LogP contribution is -2.45. The number of nitrogens with zero attached hydrogens (tertiary/aromatic N) is 4. The van der Waals surface area contributed by atoms with Crippen LogP contribution in [0.1, 0.15) is 26.3 Å². The van der Waals surface area contributed by atoms with Gasteiger partial charge in [0.2, 0.25) is 15.9 Å². The highest BCUT2D eigenvalue weighted by Crippen LogP contribution is 2.19. The quantitative estimate of drug-likeness (QED) is 0.488. The first-order valence-corrected chi connectivity index (χ1v) is 10.9. The zero-order valence-electron chi connectivity index (χ0n) is 17.8. The van der Waals surface area contributed by atoms with Gasteiger partial charge in [-0.2, -0.15) is 0 Å². The third-order valence-electron chi connectivity index (χ3n) is 4.32. The molecule has 0 aliphatic rings. The van der Waals surface area contributed by atoms with Crippen LogP contribution in [0.3, 0.4) is 0 Å². The van der Waals surface area contributed by atoms with Crippen LogP contribution in [0.2, 0.25) is 0 Å². The molecule has 1 amide bonds. The van der Waals surface area contributed by atoms with Crippen molar-refractivity contribution < 1.29 is 13.2 Å². The Morgan fingerprint density at radius 3 is 2.21 bits per heavy atom. The average Bonchev–Trinajstić information content (AvgIpc) is 2.66. The van der Waals surface area contributed by atoms with Gasteiger partial charge in [0.05, 0.1) is 18.0 Å². The molecule has 9 heteroatoms. The molecule has 1 aromatic rings. The first-order chi connectivity index (χ1) is 13.2. The van der Waals surface area contributed by atoms with Gasteiger partial charge in [-0.05, 0) is 32.4 Å². The highest BCUT2D eigenvalue weighted by Gasteiger charge is 2.21. The summed E-state index contributed by atoms with van der Waals surface area (Å²) in [5.74, 6) is 0.578. The molecule has 0 unspecified atom stereocenters. The van der Waals surface area contributed by atoms with E-state index in [-0.39, 0.29) is 23.9 Å². The van der Waals surface area contributed by atoms with E-state index in [2.05, 4.69) is 10.3 Å². The molecule has 28 heavy (non-hydrogen) atoms. The van der Waals surface area contributed by atoms with Crippen LogP contribution in [-0.2, 0) is 21.4 Å². The largest absolute Gasteiger partial charge is 0.357 e. The van der Waals surface area contributed by atoms with Crippen molar-refractivity contribution >= 4 is 21.9 Å². The first kappa shape index (κ1) is 23.9. The normalized spacial score (nSPS) is 12.2. The van der Waals surface area contributed by atoms with Gasteiger partial charge in [0.25, 0.3) is 0 Å². The molecule has 158 valence electrons. The van der Waals surface area contributed by atoms with Crippen LogP contribution < -0.4 is 5.32 Å². The van der Waals surface area contributed by atoms with Gasteiger partial charge in [0.1, 0.15) is 0 Å². The average molecular weight is 412 g/mol. The second-order valence-corrected chi connectivity index (χ2v) is 8.61. The number of sulfonamides is 1. The molecule has 0 bridgehead atoms. The molecule has 0 atom stereocenters. The van der Waals surface area contributed by atoms with Gasteiger partial charge in [-0.3, -0.25) is 4.79 Å². The maximum atomic E-state index is 12.5. The molecular formula is C19H33N5O3S. The third-order valence-corrected chi connectivity index (χ3v) is 6.23. The maximum absolute atomic E-state index is 12.5. The number of carbonyl (C=O) groups is 1. The zero-order valence-corrected chi connectivity index (χ0v) is 18.6. The summed E-state index contributed by atoms with van der Waals surface area (Å²) in [6.07, 6.45) is 0. The lowest BCUT2D eigenvalue weighted by Gasteiger charge is -2.25. The van der Waals surface area contributed by atoms with Crippen molar-refractivity contribution in [1.29, 1.82) is 0 Å². The van der Waals surface area contributed by atoms with Crippen molar-refractivity contribution in [2.45, 2.75) is 32.2 Å². The van der Waals surface area contributed by atoms with E-state index in [1.54, 1.807) is 41.1 Å². The fourth-order valence-corrected chi connectivity index (χ4v) is 3.77. The van der Waals surface area contributed by atoms with Crippen LogP contribution in [0.15, 0.2) is 34.2 Å². The fraction of sp³-hybridized carbons (Fsp3) is 0.579. The van der Waals surface area contributed by atoms with Gasteiger partial charge < -0.3 is 15.1 Å². The Labute approximate surface area is 169 Å². The van der Waals surface area contributed by atoms with Gasteiger partial charge in [0, 0.05) is 40.8 Å². The van der Waals surface area contributed by atoms with E-state index in [4.69, 9.17) is 0 Å². The van der Waals surface area contributed by atoms with Crippen molar-refractivity contribution in [1.82, 2.24) is 19.4 Å². The Hall–Kier alpha value is -2.13. The minimum Gasteiger partial charge on any atom is -0.357 e. The summed E-state index contributed by atoms with van der Waals surface area (Å²) in [6, 6.07) is 6.83. The number of likely N-dealkylation sites (N-methyl/N-ethyl adjacent to an activating group) is 2. The van der Waals surface area contributed by atoms with Crippen molar-refractivity contribution in [3.05, 3.63) is 29.8 Å². The van der Waals surface area contributed by atoms with Gasteiger partial charge >= 0.3 is 0 Å². The van der Waals surface area contributed by atoms with E-state index in [9.17, 15) is 13.2 Å². The minimum absolute atomic E-state index is 0.0219. The number of hydrogen-bond donors (Lipinski definition) is 1. The monoisotopic (exact) mass is 411 g/mol. The summed E-state index contributed by atoms with van der Waals surface area (Å²) in [7, 11) is 1.25. The van der Waals surface area contributed by atoms with E-state index in [1.165, 1.54) is 18.4 Å². The molecule has 0 aromatic heterocycles. The van der Waals surface area contributed by atoms with Crippen molar-refractivity contribution in [3.63, 3.8) is 0 Å². The van der Waals surface area contributed by atoms with Gasteiger partial charge in [-0.1, -0.05) is 18.2 Å². The zero-order chi connectivity index (χ0) is 21.3. The van der Waals surface area contributed by atoms with Crippen LogP contribution in [0.5, 0.6) is 0 Å². The molecule has 0 saturated heterocycles. The second kappa shape index (κ2) is 11.0. The number of rotatable bonds is 9. The van der Waals surface area contributed by atoms with E-state index in [1.807, 2.05) is 20.8 Å². The minimum atomic E-state index is -3.56. The van der Waals surface area contributed by atoms with Crippen LogP contribution in [0.25, 0.3) is 0 Å². The summed E-state index contributed by atoms with van der Waals surface area (Å²) in [5, 5.41) is 3.16. The predicted molar refractivity (Wildman–Crippen MR) is 113 cm³/mol. The molecule has 0 radical (unpaired) electrons.